The van der Waals surface area contributed by atoms with E-state index >= 15 is 0 Å². The normalized spacial score (nSPS) is 18.5. The van der Waals surface area contributed by atoms with Gasteiger partial charge in [0.15, 0.2) is 5.16 Å². The van der Waals surface area contributed by atoms with Gasteiger partial charge in [-0.3, -0.25) is 19.7 Å². The number of benzene rings is 2. The van der Waals surface area contributed by atoms with Gasteiger partial charge < -0.3 is 10.3 Å². The van der Waals surface area contributed by atoms with E-state index in [2.05, 4.69) is 20.6 Å². The third-order valence-electron chi connectivity index (χ3n) is 5.95. The van der Waals surface area contributed by atoms with Gasteiger partial charge in [0.1, 0.15) is 0 Å². The molecule has 2 heterocycles. The lowest BCUT2D eigenvalue weighted by atomic mass is 9.72. The van der Waals surface area contributed by atoms with Gasteiger partial charge in [-0.25, -0.2) is 4.98 Å². The number of aromatic amines is 1. The predicted octanol–water partition coefficient (Wildman–Crippen LogP) is 4.16. The molecule has 3 aromatic rings. The summed E-state index contributed by atoms with van der Waals surface area (Å²) in [7, 11) is 0. The van der Waals surface area contributed by atoms with E-state index in [-0.39, 0.29) is 17.7 Å². The standard InChI is InChI=1S/C24H26N4O3S/c1-2-24(14-13-21(30)28-22(24)31)16-9-11-17(12-10-16)25-20(29)8-5-15-32-23-26-18-6-3-4-7-19(18)27-23/h3-4,6-7,9-12H,2,5,8,13-15H2,1H3,(H,25,29)(H,26,27)(H,28,30,31). The van der Waals surface area contributed by atoms with Gasteiger partial charge in [-0.05, 0) is 49.1 Å². The average molecular weight is 451 g/mol. The van der Waals surface area contributed by atoms with Crippen molar-refractivity contribution in [3.05, 3.63) is 54.1 Å². The molecule has 166 valence electrons. The zero-order valence-corrected chi connectivity index (χ0v) is 18.8. The summed E-state index contributed by atoms with van der Waals surface area (Å²) in [6.07, 6.45) is 2.60. The van der Waals surface area contributed by atoms with E-state index in [0.717, 1.165) is 33.9 Å². The maximum Gasteiger partial charge on any atom is 0.237 e. The lowest BCUT2D eigenvalue weighted by Crippen LogP contribution is -2.51. The highest BCUT2D eigenvalue weighted by Gasteiger charge is 2.42. The molecule has 32 heavy (non-hydrogen) atoms. The van der Waals surface area contributed by atoms with Crippen molar-refractivity contribution in [2.75, 3.05) is 11.1 Å². The van der Waals surface area contributed by atoms with Crippen molar-refractivity contribution in [2.24, 2.45) is 0 Å². The highest BCUT2D eigenvalue weighted by atomic mass is 32.2. The van der Waals surface area contributed by atoms with Crippen molar-refractivity contribution in [3.63, 3.8) is 0 Å². The minimum atomic E-state index is -0.690. The number of nitrogens with zero attached hydrogens (tertiary/aromatic N) is 1. The molecule has 1 fully saturated rings. The van der Waals surface area contributed by atoms with E-state index < -0.39 is 5.41 Å². The fraction of sp³-hybridized carbons (Fsp3) is 0.333. The summed E-state index contributed by atoms with van der Waals surface area (Å²) in [5, 5.41) is 6.23. The summed E-state index contributed by atoms with van der Waals surface area (Å²) in [4.78, 5) is 44.2. The Labute approximate surface area is 190 Å². The largest absolute Gasteiger partial charge is 0.333 e. The van der Waals surface area contributed by atoms with Crippen LogP contribution in [-0.4, -0.2) is 33.4 Å². The summed E-state index contributed by atoms with van der Waals surface area (Å²) in [6.45, 7) is 1.95. The van der Waals surface area contributed by atoms with Crippen molar-refractivity contribution < 1.29 is 14.4 Å². The molecule has 2 aromatic carbocycles. The number of carbonyl (C=O) groups excluding carboxylic acids is 3. The highest BCUT2D eigenvalue weighted by molar-refractivity contribution is 7.99. The second kappa shape index (κ2) is 9.56. The molecule has 1 aliphatic rings. The molecule has 0 bridgehead atoms. The molecule has 3 N–H and O–H groups in total. The van der Waals surface area contributed by atoms with Crippen molar-refractivity contribution in [1.29, 1.82) is 0 Å². The van der Waals surface area contributed by atoms with E-state index in [1.807, 2.05) is 55.5 Å². The van der Waals surface area contributed by atoms with Crippen molar-refractivity contribution >= 4 is 46.2 Å². The molecule has 1 aromatic heterocycles. The number of para-hydroxylation sites is 2. The number of imidazole rings is 1. The van der Waals surface area contributed by atoms with Gasteiger partial charge in [0, 0.05) is 24.3 Å². The summed E-state index contributed by atoms with van der Waals surface area (Å²) < 4.78 is 0. The molecule has 4 rings (SSSR count). The molecule has 0 radical (unpaired) electrons. The van der Waals surface area contributed by atoms with Crippen LogP contribution < -0.4 is 10.6 Å². The molecule has 8 heteroatoms. The van der Waals surface area contributed by atoms with E-state index in [1.54, 1.807) is 11.8 Å². The minimum absolute atomic E-state index is 0.0471. The Morgan fingerprint density at radius 2 is 1.94 bits per heavy atom. The number of fused-ring (bicyclic) bond motifs is 1. The Balaban J connectivity index is 1.27. The molecule has 0 aliphatic carbocycles. The zero-order chi connectivity index (χ0) is 22.6. The third kappa shape index (κ3) is 4.70. The van der Waals surface area contributed by atoms with Crippen LogP contribution in [0.25, 0.3) is 11.0 Å². The number of amides is 3. The first kappa shape index (κ1) is 22.1. The van der Waals surface area contributed by atoms with E-state index in [4.69, 9.17) is 0 Å². The van der Waals surface area contributed by atoms with Gasteiger partial charge in [0.05, 0.1) is 16.4 Å². The lowest BCUT2D eigenvalue weighted by molar-refractivity contribution is -0.138. The molecular formula is C24H26N4O3S. The van der Waals surface area contributed by atoms with Gasteiger partial charge in [0.2, 0.25) is 17.7 Å². The summed E-state index contributed by atoms with van der Waals surface area (Å²) in [6, 6.07) is 15.3. The number of hydrogen-bond donors (Lipinski definition) is 3. The second-order valence-corrected chi connectivity index (χ2v) is 9.03. The number of rotatable bonds is 8. The van der Waals surface area contributed by atoms with Gasteiger partial charge in [-0.1, -0.05) is 43.0 Å². The molecule has 7 nitrogen and oxygen atoms in total. The number of thioether (sulfide) groups is 1. The van der Waals surface area contributed by atoms with Crippen LogP contribution in [0.15, 0.2) is 53.7 Å². The highest BCUT2D eigenvalue weighted by Crippen LogP contribution is 2.36. The summed E-state index contributed by atoms with van der Waals surface area (Å²) in [5.41, 5.74) is 2.83. The Bertz CT molecular complexity index is 1110. The first-order valence-corrected chi connectivity index (χ1v) is 11.8. The van der Waals surface area contributed by atoms with Crippen LogP contribution in [0.2, 0.25) is 0 Å². The van der Waals surface area contributed by atoms with Gasteiger partial charge in [-0.15, -0.1) is 0 Å². The number of H-pyrrole nitrogens is 1. The number of aromatic nitrogens is 2. The zero-order valence-electron chi connectivity index (χ0n) is 17.9. The van der Waals surface area contributed by atoms with Crippen molar-refractivity contribution in [3.8, 4) is 0 Å². The van der Waals surface area contributed by atoms with Crippen LogP contribution in [0, 0.1) is 0 Å². The summed E-state index contributed by atoms with van der Waals surface area (Å²) in [5.74, 6) is 0.282. The quantitative estimate of drug-likeness (QED) is 0.272. The van der Waals surface area contributed by atoms with Crippen LogP contribution in [-0.2, 0) is 19.8 Å². The van der Waals surface area contributed by atoms with Gasteiger partial charge in [-0.2, -0.15) is 0 Å². The fourth-order valence-corrected chi connectivity index (χ4v) is 4.89. The Hall–Kier alpha value is -3.13. The molecular weight excluding hydrogens is 424 g/mol. The summed E-state index contributed by atoms with van der Waals surface area (Å²) >= 11 is 1.61. The molecule has 1 atom stereocenters. The molecule has 3 amide bonds. The number of piperidine rings is 1. The Morgan fingerprint density at radius 1 is 1.16 bits per heavy atom. The van der Waals surface area contributed by atoms with Crippen molar-refractivity contribution in [1.82, 2.24) is 15.3 Å². The average Bonchev–Trinajstić information content (AvgIpc) is 3.21. The molecule has 1 unspecified atom stereocenters. The van der Waals surface area contributed by atoms with E-state index in [0.29, 0.717) is 31.4 Å². The van der Waals surface area contributed by atoms with Crippen LogP contribution in [0.5, 0.6) is 0 Å². The molecule has 0 spiro atoms. The molecule has 1 aliphatic heterocycles. The van der Waals surface area contributed by atoms with Gasteiger partial charge >= 0.3 is 0 Å². The molecule has 0 saturated carbocycles. The predicted molar refractivity (Wildman–Crippen MR) is 125 cm³/mol. The van der Waals surface area contributed by atoms with Crippen LogP contribution in [0.3, 0.4) is 0 Å². The number of nitrogens with one attached hydrogen (secondary N) is 3. The smallest absolute Gasteiger partial charge is 0.237 e. The maximum absolute atomic E-state index is 12.5. The third-order valence-corrected chi connectivity index (χ3v) is 6.91. The van der Waals surface area contributed by atoms with Crippen molar-refractivity contribution in [2.45, 2.75) is 49.6 Å². The Kier molecular flexibility index (Phi) is 6.60. The van der Waals surface area contributed by atoms with Crippen LogP contribution in [0.1, 0.15) is 44.6 Å². The maximum atomic E-state index is 12.5. The number of anilines is 1. The van der Waals surface area contributed by atoms with E-state index in [1.165, 1.54) is 0 Å². The first-order valence-electron chi connectivity index (χ1n) is 10.8. The number of imide groups is 1. The Morgan fingerprint density at radius 3 is 2.66 bits per heavy atom. The van der Waals surface area contributed by atoms with Crippen LogP contribution in [0.4, 0.5) is 5.69 Å². The topological polar surface area (TPSA) is 104 Å². The fourth-order valence-electron chi connectivity index (χ4n) is 4.06. The van der Waals surface area contributed by atoms with E-state index in [9.17, 15) is 14.4 Å². The minimum Gasteiger partial charge on any atom is -0.333 e. The molecule has 1 saturated heterocycles. The second-order valence-electron chi connectivity index (χ2n) is 7.95. The monoisotopic (exact) mass is 450 g/mol. The number of carbonyl (C=O) groups is 3. The van der Waals surface area contributed by atoms with Crippen LogP contribution >= 0.6 is 11.8 Å². The van der Waals surface area contributed by atoms with Gasteiger partial charge in [0.25, 0.3) is 0 Å². The first-order chi connectivity index (χ1) is 15.5. The lowest BCUT2D eigenvalue weighted by Gasteiger charge is -2.35. The number of hydrogen-bond acceptors (Lipinski definition) is 5. The SMILES string of the molecule is CCC1(c2ccc(NC(=O)CCCSc3nc4ccccc4[nH]3)cc2)CCC(=O)NC1=O.